The van der Waals surface area contributed by atoms with Crippen LogP contribution in [0.5, 0.6) is 0 Å². The van der Waals surface area contributed by atoms with Crippen LogP contribution in [0.25, 0.3) is 0 Å². The van der Waals surface area contributed by atoms with Crippen molar-refractivity contribution in [3.8, 4) is 11.8 Å². The molecule has 1 fully saturated rings. The molecule has 0 heterocycles. The molecule has 0 saturated heterocycles. The molecule has 160 valence electrons. The van der Waals surface area contributed by atoms with Crippen LogP contribution in [0, 0.1) is 35.2 Å². The van der Waals surface area contributed by atoms with E-state index < -0.39 is 34.8 Å². The summed E-state index contributed by atoms with van der Waals surface area (Å²) in [4.78, 5) is 0. The molecule has 0 unspecified atom stereocenters. The summed E-state index contributed by atoms with van der Waals surface area (Å²) in [5, 5.41) is 0. The third-order valence-corrected chi connectivity index (χ3v) is 5.69. The molecule has 1 aliphatic rings. The highest BCUT2D eigenvalue weighted by Crippen LogP contribution is 2.38. The van der Waals surface area contributed by atoms with Crippen molar-refractivity contribution >= 4 is 0 Å². The third kappa shape index (κ3) is 5.19. The van der Waals surface area contributed by atoms with Crippen molar-refractivity contribution in [2.24, 2.45) is 5.92 Å². The first-order chi connectivity index (χ1) is 14.2. The summed E-state index contributed by atoms with van der Waals surface area (Å²) in [5.74, 6) is 2.29. The molecule has 2 aromatic carbocycles. The van der Waals surface area contributed by atoms with Gasteiger partial charge in [-0.1, -0.05) is 31.6 Å². The zero-order chi connectivity index (χ0) is 21.9. The van der Waals surface area contributed by atoms with Gasteiger partial charge in [-0.15, -0.1) is 0 Å². The quantitative estimate of drug-likeness (QED) is 0.352. The van der Waals surface area contributed by atoms with E-state index in [2.05, 4.69) is 18.8 Å². The lowest BCUT2D eigenvalue weighted by Crippen LogP contribution is -2.13. The van der Waals surface area contributed by atoms with E-state index in [1.54, 1.807) is 0 Å². The van der Waals surface area contributed by atoms with Gasteiger partial charge in [-0.05, 0) is 73.4 Å². The highest BCUT2D eigenvalue weighted by atomic mass is 19.4. The van der Waals surface area contributed by atoms with Gasteiger partial charge in [0.1, 0.15) is 17.5 Å². The minimum Gasteiger partial charge on any atom is -0.206 e. The molecule has 6 heteroatoms. The van der Waals surface area contributed by atoms with E-state index in [1.807, 2.05) is 0 Å². The van der Waals surface area contributed by atoms with Gasteiger partial charge in [0, 0.05) is 5.56 Å². The second-order valence-electron chi connectivity index (χ2n) is 7.81. The normalized spacial score (nSPS) is 19.3. The summed E-state index contributed by atoms with van der Waals surface area (Å²) < 4.78 is 80.5. The first-order valence-electron chi connectivity index (χ1n) is 10.1. The standard InChI is InChI=1S/C24H22F6/c1-2-3-15-4-8-17(9-5-15)18-13-21(25)19(22(26)14-18)10-6-16-7-11-20(23(27)12-16)24(28,29)30/h7,11-15,17H,2-5,8-9H2,1H3/t15-,17-. The number of hydrogen-bond acceptors (Lipinski definition) is 0. The molecule has 0 spiro atoms. The topological polar surface area (TPSA) is 0 Å². The zero-order valence-electron chi connectivity index (χ0n) is 16.6. The van der Waals surface area contributed by atoms with Crippen molar-refractivity contribution in [3.05, 3.63) is 70.0 Å². The van der Waals surface area contributed by atoms with Gasteiger partial charge in [0.15, 0.2) is 0 Å². The van der Waals surface area contributed by atoms with Crippen molar-refractivity contribution < 1.29 is 26.3 Å². The summed E-state index contributed by atoms with van der Waals surface area (Å²) in [5.41, 5.74) is -1.38. The Bertz CT molecular complexity index is 933. The molecule has 0 nitrogen and oxygen atoms in total. The van der Waals surface area contributed by atoms with Gasteiger partial charge in [0.2, 0.25) is 0 Å². The largest absolute Gasteiger partial charge is 0.419 e. The smallest absolute Gasteiger partial charge is 0.206 e. The number of benzene rings is 2. The average molecular weight is 424 g/mol. The monoisotopic (exact) mass is 424 g/mol. The fraction of sp³-hybridized carbons (Fsp3) is 0.417. The highest BCUT2D eigenvalue weighted by molar-refractivity contribution is 5.46. The van der Waals surface area contributed by atoms with E-state index in [1.165, 1.54) is 18.6 Å². The summed E-state index contributed by atoms with van der Waals surface area (Å²) in [6.07, 6.45) is 1.35. The zero-order valence-corrected chi connectivity index (χ0v) is 16.6. The predicted octanol–water partition coefficient (Wildman–Crippen LogP) is 7.60. The maximum absolute atomic E-state index is 14.5. The van der Waals surface area contributed by atoms with Gasteiger partial charge in [0.05, 0.1) is 11.1 Å². The highest BCUT2D eigenvalue weighted by Gasteiger charge is 2.33. The molecule has 1 saturated carbocycles. The summed E-state index contributed by atoms with van der Waals surface area (Å²) >= 11 is 0. The van der Waals surface area contributed by atoms with Crippen LogP contribution < -0.4 is 0 Å². The maximum Gasteiger partial charge on any atom is 0.419 e. The molecular weight excluding hydrogens is 402 g/mol. The van der Waals surface area contributed by atoms with Crippen LogP contribution in [-0.2, 0) is 6.18 Å². The molecule has 0 amide bonds. The second kappa shape index (κ2) is 9.16. The minimum absolute atomic E-state index is 0.0994. The van der Waals surface area contributed by atoms with Crippen molar-refractivity contribution in [2.45, 2.75) is 57.5 Å². The van der Waals surface area contributed by atoms with Gasteiger partial charge in [0.25, 0.3) is 0 Å². The van der Waals surface area contributed by atoms with Gasteiger partial charge in [-0.25, -0.2) is 13.2 Å². The van der Waals surface area contributed by atoms with Crippen LogP contribution in [0.15, 0.2) is 30.3 Å². The molecule has 0 atom stereocenters. The van der Waals surface area contributed by atoms with Gasteiger partial charge in [-0.2, -0.15) is 13.2 Å². The first-order valence-corrected chi connectivity index (χ1v) is 10.1. The Labute approximate surface area is 172 Å². The van der Waals surface area contributed by atoms with Crippen LogP contribution in [-0.4, -0.2) is 0 Å². The molecule has 0 aromatic heterocycles. The lowest BCUT2D eigenvalue weighted by Gasteiger charge is -2.28. The van der Waals surface area contributed by atoms with Gasteiger partial charge in [-0.3, -0.25) is 0 Å². The lowest BCUT2D eigenvalue weighted by atomic mass is 9.77. The molecular formula is C24H22F6. The van der Waals surface area contributed by atoms with Gasteiger partial charge >= 0.3 is 6.18 Å². The van der Waals surface area contributed by atoms with Crippen LogP contribution >= 0.6 is 0 Å². The Balaban J connectivity index is 1.79. The van der Waals surface area contributed by atoms with Crippen LogP contribution in [0.4, 0.5) is 26.3 Å². The minimum atomic E-state index is -4.82. The Morgan fingerprint density at radius 1 is 0.867 bits per heavy atom. The van der Waals surface area contributed by atoms with E-state index in [0.29, 0.717) is 23.6 Å². The number of alkyl halides is 3. The fourth-order valence-corrected chi connectivity index (χ4v) is 4.10. The van der Waals surface area contributed by atoms with Crippen molar-refractivity contribution in [2.75, 3.05) is 0 Å². The van der Waals surface area contributed by atoms with E-state index in [4.69, 9.17) is 0 Å². The van der Waals surface area contributed by atoms with Crippen molar-refractivity contribution in [1.82, 2.24) is 0 Å². The van der Waals surface area contributed by atoms with Crippen LogP contribution in [0.2, 0.25) is 0 Å². The predicted molar refractivity (Wildman–Crippen MR) is 103 cm³/mol. The lowest BCUT2D eigenvalue weighted by molar-refractivity contribution is -0.140. The third-order valence-electron chi connectivity index (χ3n) is 5.69. The Hall–Kier alpha value is -2.42. The number of hydrogen-bond donors (Lipinski definition) is 0. The summed E-state index contributed by atoms with van der Waals surface area (Å²) in [6, 6.07) is 4.70. The van der Waals surface area contributed by atoms with E-state index >= 15 is 0 Å². The second-order valence-corrected chi connectivity index (χ2v) is 7.81. The number of rotatable bonds is 3. The van der Waals surface area contributed by atoms with E-state index in [9.17, 15) is 26.3 Å². The van der Waals surface area contributed by atoms with E-state index in [-0.39, 0.29) is 11.5 Å². The molecule has 1 aliphatic carbocycles. The molecule has 0 radical (unpaired) electrons. The summed E-state index contributed by atoms with van der Waals surface area (Å²) in [6.45, 7) is 2.15. The molecule has 0 bridgehead atoms. The molecule has 3 rings (SSSR count). The van der Waals surface area contributed by atoms with Crippen LogP contribution in [0.3, 0.4) is 0 Å². The maximum atomic E-state index is 14.5. The first kappa shape index (κ1) is 22.3. The van der Waals surface area contributed by atoms with Gasteiger partial charge < -0.3 is 0 Å². The number of halogens is 6. The van der Waals surface area contributed by atoms with Crippen molar-refractivity contribution in [3.63, 3.8) is 0 Å². The molecule has 0 N–H and O–H groups in total. The van der Waals surface area contributed by atoms with Crippen molar-refractivity contribution in [1.29, 1.82) is 0 Å². The molecule has 2 aromatic rings. The fourth-order valence-electron chi connectivity index (χ4n) is 4.10. The Morgan fingerprint density at radius 2 is 1.50 bits per heavy atom. The van der Waals surface area contributed by atoms with E-state index in [0.717, 1.165) is 38.2 Å². The molecule has 0 aliphatic heterocycles. The molecule has 30 heavy (non-hydrogen) atoms. The van der Waals surface area contributed by atoms with Crippen LogP contribution in [0.1, 0.15) is 73.6 Å². The average Bonchev–Trinajstić information content (AvgIpc) is 2.67. The Morgan fingerprint density at radius 3 is 2.03 bits per heavy atom. The Kier molecular flexibility index (Phi) is 6.80. The summed E-state index contributed by atoms with van der Waals surface area (Å²) in [7, 11) is 0. The SMILES string of the molecule is CCC[C@H]1CC[C@H](c2cc(F)c(C#Cc3ccc(C(F)(F)F)c(F)c3)c(F)c2)CC1.